The first kappa shape index (κ1) is 19.8. The summed E-state index contributed by atoms with van der Waals surface area (Å²) in [7, 11) is -3.81. The summed E-state index contributed by atoms with van der Waals surface area (Å²) in [5, 5.41) is 1.01. The maximum absolute atomic E-state index is 12.5. The van der Waals surface area contributed by atoms with Crippen LogP contribution in [0.1, 0.15) is 5.56 Å². The molecule has 3 rings (SSSR count). The molecule has 1 heterocycles. The van der Waals surface area contributed by atoms with Gasteiger partial charge in [-0.25, -0.2) is 8.42 Å². The van der Waals surface area contributed by atoms with Gasteiger partial charge in [0.15, 0.2) is 0 Å². The minimum atomic E-state index is -3.81. The van der Waals surface area contributed by atoms with E-state index in [0.29, 0.717) is 21.5 Å². The number of rotatable bonds is 5. The number of anilines is 1. The summed E-state index contributed by atoms with van der Waals surface area (Å²) < 4.78 is 33.1. The monoisotopic (exact) mass is 442 g/mol. The molecule has 0 aliphatic carbocycles. The summed E-state index contributed by atoms with van der Waals surface area (Å²) in [6, 6.07) is 10.6. The second-order valence-corrected chi connectivity index (χ2v) is 8.54. The molecule has 0 spiro atoms. The van der Waals surface area contributed by atoms with Crippen molar-refractivity contribution >= 4 is 50.5 Å². The second kappa shape index (κ2) is 7.94. The lowest BCUT2D eigenvalue weighted by molar-refractivity contribution is 0.480. The van der Waals surface area contributed by atoms with E-state index in [1.54, 1.807) is 25.1 Å². The van der Waals surface area contributed by atoms with Gasteiger partial charge >= 0.3 is 0 Å². The number of nitrogens with one attached hydrogen (secondary N) is 1. The SMILES string of the molecule is Cc1ccc(S(=O)(=O)Nc2ccc(Oc3cncc(Cl)c3)c(Cl)c2)cc1Cl. The second-order valence-electron chi connectivity index (χ2n) is 5.60. The summed E-state index contributed by atoms with van der Waals surface area (Å²) in [6.07, 6.45) is 2.96. The Morgan fingerprint density at radius 3 is 2.41 bits per heavy atom. The molecule has 27 heavy (non-hydrogen) atoms. The van der Waals surface area contributed by atoms with Crippen molar-refractivity contribution in [3.05, 3.63) is 75.5 Å². The smallest absolute Gasteiger partial charge is 0.261 e. The number of sulfonamides is 1. The Morgan fingerprint density at radius 1 is 0.963 bits per heavy atom. The van der Waals surface area contributed by atoms with E-state index in [4.69, 9.17) is 39.5 Å². The zero-order valence-corrected chi connectivity index (χ0v) is 17.0. The van der Waals surface area contributed by atoms with E-state index in [2.05, 4.69) is 9.71 Å². The van der Waals surface area contributed by atoms with Crippen molar-refractivity contribution in [3.8, 4) is 11.5 Å². The van der Waals surface area contributed by atoms with E-state index in [1.807, 2.05) is 0 Å². The summed E-state index contributed by atoms with van der Waals surface area (Å²) in [5.41, 5.74) is 1.07. The molecular weight excluding hydrogens is 431 g/mol. The molecule has 3 aromatic rings. The number of aryl methyl sites for hydroxylation is 1. The molecule has 0 radical (unpaired) electrons. The van der Waals surface area contributed by atoms with Crippen LogP contribution in [0.15, 0.2) is 59.8 Å². The van der Waals surface area contributed by atoms with Gasteiger partial charge in [-0.05, 0) is 42.8 Å². The van der Waals surface area contributed by atoms with Gasteiger partial charge in [-0.3, -0.25) is 9.71 Å². The number of hydrogen-bond donors (Lipinski definition) is 1. The van der Waals surface area contributed by atoms with Crippen molar-refractivity contribution in [3.63, 3.8) is 0 Å². The minimum Gasteiger partial charge on any atom is -0.454 e. The number of nitrogens with zero attached hydrogens (tertiary/aromatic N) is 1. The Kier molecular flexibility index (Phi) is 5.81. The molecule has 0 saturated heterocycles. The van der Waals surface area contributed by atoms with Gasteiger partial charge in [-0.15, -0.1) is 0 Å². The summed E-state index contributed by atoms with van der Waals surface area (Å²) in [5.74, 6) is 0.745. The Morgan fingerprint density at radius 2 is 1.74 bits per heavy atom. The van der Waals surface area contributed by atoms with Crippen LogP contribution in [-0.4, -0.2) is 13.4 Å². The predicted octanol–water partition coefficient (Wildman–Crippen LogP) is 5.94. The van der Waals surface area contributed by atoms with Crippen molar-refractivity contribution in [2.75, 3.05) is 4.72 Å². The van der Waals surface area contributed by atoms with Crippen LogP contribution in [-0.2, 0) is 10.0 Å². The Labute approximate surface area is 171 Å². The molecule has 0 unspecified atom stereocenters. The largest absolute Gasteiger partial charge is 0.454 e. The van der Waals surface area contributed by atoms with E-state index in [0.717, 1.165) is 5.56 Å². The van der Waals surface area contributed by atoms with Crippen LogP contribution in [0, 0.1) is 6.92 Å². The van der Waals surface area contributed by atoms with E-state index in [-0.39, 0.29) is 15.6 Å². The fourth-order valence-corrected chi connectivity index (χ4v) is 3.88. The Hall–Kier alpha value is -1.99. The molecule has 0 amide bonds. The average Bonchev–Trinajstić information content (AvgIpc) is 2.59. The van der Waals surface area contributed by atoms with Crippen molar-refractivity contribution in [1.82, 2.24) is 4.98 Å². The number of aromatic nitrogens is 1. The van der Waals surface area contributed by atoms with Crippen molar-refractivity contribution < 1.29 is 13.2 Å². The molecule has 0 aliphatic rings. The molecule has 0 saturated carbocycles. The molecular formula is C18H13Cl3N2O3S. The van der Waals surface area contributed by atoms with Gasteiger partial charge < -0.3 is 4.74 Å². The van der Waals surface area contributed by atoms with Crippen LogP contribution in [0.3, 0.4) is 0 Å². The molecule has 0 atom stereocenters. The Bertz CT molecular complexity index is 1100. The van der Waals surface area contributed by atoms with Gasteiger partial charge in [-0.1, -0.05) is 40.9 Å². The van der Waals surface area contributed by atoms with E-state index < -0.39 is 10.0 Å². The zero-order chi connectivity index (χ0) is 19.6. The number of pyridine rings is 1. The normalized spacial score (nSPS) is 11.3. The van der Waals surface area contributed by atoms with Crippen LogP contribution in [0.5, 0.6) is 11.5 Å². The maximum atomic E-state index is 12.5. The van der Waals surface area contributed by atoms with Crippen molar-refractivity contribution in [2.45, 2.75) is 11.8 Å². The van der Waals surface area contributed by atoms with Gasteiger partial charge in [-0.2, -0.15) is 0 Å². The third kappa shape index (κ3) is 4.84. The molecule has 1 N–H and O–H groups in total. The zero-order valence-electron chi connectivity index (χ0n) is 13.9. The third-order valence-corrected chi connectivity index (χ3v) is 5.83. The molecule has 9 heteroatoms. The average molecular weight is 444 g/mol. The maximum Gasteiger partial charge on any atom is 0.261 e. The lowest BCUT2D eigenvalue weighted by Crippen LogP contribution is -2.13. The van der Waals surface area contributed by atoms with Crippen LogP contribution in [0.2, 0.25) is 15.1 Å². The number of benzene rings is 2. The van der Waals surface area contributed by atoms with Crippen LogP contribution in [0.25, 0.3) is 0 Å². The molecule has 0 fully saturated rings. The molecule has 0 aliphatic heterocycles. The first-order valence-corrected chi connectivity index (χ1v) is 10.2. The number of ether oxygens (including phenoxy) is 1. The summed E-state index contributed by atoms with van der Waals surface area (Å²) >= 11 is 18.1. The van der Waals surface area contributed by atoms with Crippen molar-refractivity contribution in [2.24, 2.45) is 0 Å². The van der Waals surface area contributed by atoms with Crippen LogP contribution >= 0.6 is 34.8 Å². The minimum absolute atomic E-state index is 0.0551. The van der Waals surface area contributed by atoms with E-state index in [1.165, 1.54) is 36.7 Å². The highest BCUT2D eigenvalue weighted by atomic mass is 35.5. The first-order chi connectivity index (χ1) is 12.7. The third-order valence-electron chi connectivity index (χ3n) is 3.55. The number of halogens is 3. The van der Waals surface area contributed by atoms with Crippen molar-refractivity contribution in [1.29, 1.82) is 0 Å². The van der Waals surface area contributed by atoms with Gasteiger partial charge in [0.2, 0.25) is 0 Å². The molecule has 5 nitrogen and oxygen atoms in total. The Balaban J connectivity index is 1.81. The van der Waals surface area contributed by atoms with Crippen LogP contribution < -0.4 is 9.46 Å². The molecule has 0 bridgehead atoms. The van der Waals surface area contributed by atoms with E-state index in [9.17, 15) is 8.42 Å². The lowest BCUT2D eigenvalue weighted by Gasteiger charge is -2.12. The highest BCUT2D eigenvalue weighted by molar-refractivity contribution is 7.92. The van der Waals surface area contributed by atoms with E-state index >= 15 is 0 Å². The predicted molar refractivity (Wildman–Crippen MR) is 108 cm³/mol. The van der Waals surface area contributed by atoms with Gasteiger partial charge in [0.25, 0.3) is 10.0 Å². The topological polar surface area (TPSA) is 68.3 Å². The summed E-state index contributed by atoms with van der Waals surface area (Å²) in [6.45, 7) is 1.79. The quantitative estimate of drug-likeness (QED) is 0.529. The van der Waals surface area contributed by atoms with Gasteiger partial charge in [0.05, 0.1) is 26.8 Å². The molecule has 1 aromatic heterocycles. The molecule has 2 aromatic carbocycles. The number of hydrogen-bond acceptors (Lipinski definition) is 4. The standard InChI is InChI=1S/C18H13Cl3N2O3S/c1-11-2-4-15(8-16(11)20)27(24,25)23-13-3-5-18(17(21)7-13)26-14-6-12(19)9-22-10-14/h2-10,23H,1H3. The van der Waals surface area contributed by atoms with Gasteiger partial charge in [0.1, 0.15) is 11.5 Å². The van der Waals surface area contributed by atoms with Gasteiger partial charge in [0, 0.05) is 17.3 Å². The first-order valence-electron chi connectivity index (χ1n) is 7.61. The summed E-state index contributed by atoms with van der Waals surface area (Å²) in [4.78, 5) is 3.98. The highest BCUT2D eigenvalue weighted by Crippen LogP contribution is 2.33. The fraction of sp³-hybridized carbons (Fsp3) is 0.0556. The fourth-order valence-electron chi connectivity index (χ4n) is 2.18. The van der Waals surface area contributed by atoms with Crippen LogP contribution in [0.4, 0.5) is 5.69 Å². The molecule has 140 valence electrons. The lowest BCUT2D eigenvalue weighted by atomic mass is 10.2. The highest BCUT2D eigenvalue weighted by Gasteiger charge is 2.16.